The second-order valence-electron chi connectivity index (χ2n) is 4.81. The smallest absolute Gasteiger partial charge is 0.348 e. The predicted octanol–water partition coefficient (Wildman–Crippen LogP) is 3.87. The monoisotopic (exact) mass is 325 g/mol. The third-order valence-electron chi connectivity index (χ3n) is 3.18. The molecule has 4 nitrogen and oxygen atoms in total. The zero-order valence-corrected chi connectivity index (χ0v) is 13.2. The fraction of sp³-hybridized carbons (Fsp3) is 0.158. The van der Waals surface area contributed by atoms with Crippen LogP contribution in [0.3, 0.4) is 0 Å². The number of rotatable bonds is 6. The van der Waals surface area contributed by atoms with Gasteiger partial charge in [-0.15, -0.1) is 0 Å². The molecule has 0 atom stereocenters. The number of nitriles is 1. The summed E-state index contributed by atoms with van der Waals surface area (Å²) in [6.45, 7) is 1.89. The molecule has 0 bridgehead atoms. The molecule has 2 aromatic rings. The molecule has 0 aliphatic heterocycles. The number of hydrogen-bond donors (Lipinski definition) is 0. The molecule has 0 spiro atoms. The van der Waals surface area contributed by atoms with E-state index in [1.165, 1.54) is 12.1 Å². The first-order valence-corrected chi connectivity index (χ1v) is 7.40. The predicted molar refractivity (Wildman–Crippen MR) is 87.4 cm³/mol. The fourth-order valence-corrected chi connectivity index (χ4v) is 2.00. The number of nitrogens with zero attached hydrogens (tertiary/aromatic N) is 1. The lowest BCUT2D eigenvalue weighted by molar-refractivity contribution is -0.137. The van der Waals surface area contributed by atoms with Gasteiger partial charge in [-0.2, -0.15) is 5.26 Å². The Hall–Kier alpha value is -3.13. The van der Waals surface area contributed by atoms with E-state index in [2.05, 4.69) is 0 Å². The van der Waals surface area contributed by atoms with Crippen molar-refractivity contribution in [1.29, 1.82) is 5.26 Å². The number of benzene rings is 2. The minimum atomic E-state index is -0.691. The van der Waals surface area contributed by atoms with E-state index in [1.54, 1.807) is 49.4 Å². The largest absolute Gasteiger partial charge is 0.488 e. The molecular weight excluding hydrogens is 309 g/mol. The molecule has 2 rings (SSSR count). The third kappa shape index (κ3) is 4.43. The van der Waals surface area contributed by atoms with Crippen molar-refractivity contribution in [3.8, 4) is 11.8 Å². The van der Waals surface area contributed by atoms with Crippen LogP contribution in [0.4, 0.5) is 4.39 Å². The molecule has 0 aromatic heterocycles. The Morgan fingerprint density at radius 3 is 2.62 bits per heavy atom. The summed E-state index contributed by atoms with van der Waals surface area (Å²) in [4.78, 5) is 11.7. The molecule has 24 heavy (non-hydrogen) atoms. The number of esters is 1. The fourth-order valence-electron chi connectivity index (χ4n) is 2.00. The molecule has 0 radical (unpaired) electrons. The molecule has 0 saturated carbocycles. The van der Waals surface area contributed by atoms with E-state index in [4.69, 9.17) is 14.7 Å². The van der Waals surface area contributed by atoms with Crippen LogP contribution in [0.1, 0.15) is 18.1 Å². The zero-order valence-electron chi connectivity index (χ0n) is 13.2. The first-order valence-electron chi connectivity index (χ1n) is 7.40. The van der Waals surface area contributed by atoms with Crippen LogP contribution in [0.25, 0.3) is 6.08 Å². The van der Waals surface area contributed by atoms with Crippen LogP contribution in [0.15, 0.2) is 54.1 Å². The van der Waals surface area contributed by atoms with E-state index >= 15 is 0 Å². The molecule has 0 heterocycles. The van der Waals surface area contributed by atoms with Gasteiger partial charge in [-0.25, -0.2) is 9.18 Å². The van der Waals surface area contributed by atoms with Gasteiger partial charge in [0.15, 0.2) is 0 Å². The van der Waals surface area contributed by atoms with Gasteiger partial charge in [-0.1, -0.05) is 36.4 Å². The van der Waals surface area contributed by atoms with Crippen molar-refractivity contribution in [2.24, 2.45) is 0 Å². The lowest BCUT2D eigenvalue weighted by Crippen LogP contribution is -2.06. The van der Waals surface area contributed by atoms with E-state index in [1.807, 2.05) is 6.07 Å². The summed E-state index contributed by atoms with van der Waals surface area (Å²) in [5, 5.41) is 9.11. The van der Waals surface area contributed by atoms with Crippen LogP contribution >= 0.6 is 0 Å². The van der Waals surface area contributed by atoms with Crippen LogP contribution in [0.2, 0.25) is 0 Å². The lowest BCUT2D eigenvalue weighted by atomic mass is 10.1. The minimum absolute atomic E-state index is 0.0405. The van der Waals surface area contributed by atoms with E-state index in [0.29, 0.717) is 16.9 Å². The maximum atomic E-state index is 13.7. The van der Waals surface area contributed by atoms with Crippen LogP contribution in [0.5, 0.6) is 5.75 Å². The quantitative estimate of drug-likeness (QED) is 0.459. The second-order valence-corrected chi connectivity index (χ2v) is 4.81. The summed E-state index contributed by atoms with van der Waals surface area (Å²) in [6.07, 6.45) is 1.40. The van der Waals surface area contributed by atoms with E-state index in [0.717, 1.165) is 0 Å². The summed E-state index contributed by atoms with van der Waals surface area (Å²) in [6, 6.07) is 15.0. The zero-order chi connectivity index (χ0) is 17.4. The van der Waals surface area contributed by atoms with Crippen molar-refractivity contribution in [2.75, 3.05) is 6.61 Å². The number of carbonyl (C=O) groups is 1. The first-order chi connectivity index (χ1) is 11.7. The molecule has 0 aliphatic carbocycles. The van der Waals surface area contributed by atoms with Crippen molar-refractivity contribution in [3.05, 3.63) is 71.0 Å². The Morgan fingerprint density at radius 2 is 1.92 bits per heavy atom. The number of para-hydroxylation sites is 1. The van der Waals surface area contributed by atoms with Gasteiger partial charge in [0.25, 0.3) is 0 Å². The van der Waals surface area contributed by atoms with Crippen molar-refractivity contribution in [3.63, 3.8) is 0 Å². The van der Waals surface area contributed by atoms with E-state index < -0.39 is 5.97 Å². The maximum Gasteiger partial charge on any atom is 0.348 e. The van der Waals surface area contributed by atoms with Crippen molar-refractivity contribution < 1.29 is 18.7 Å². The lowest BCUT2D eigenvalue weighted by Gasteiger charge is -2.10. The van der Waals surface area contributed by atoms with Crippen LogP contribution in [-0.2, 0) is 16.1 Å². The van der Waals surface area contributed by atoms with Gasteiger partial charge in [0.2, 0.25) is 0 Å². The van der Waals surface area contributed by atoms with Gasteiger partial charge in [0, 0.05) is 11.1 Å². The van der Waals surface area contributed by atoms with E-state index in [9.17, 15) is 9.18 Å². The average molecular weight is 325 g/mol. The van der Waals surface area contributed by atoms with Crippen molar-refractivity contribution >= 4 is 12.0 Å². The van der Waals surface area contributed by atoms with Crippen molar-refractivity contribution in [2.45, 2.75) is 13.5 Å². The Bertz CT molecular complexity index is 793. The summed E-state index contributed by atoms with van der Waals surface area (Å²) in [5.74, 6) is -0.600. The molecule has 5 heteroatoms. The topological polar surface area (TPSA) is 59.3 Å². The Labute approximate surface area is 139 Å². The Balaban J connectivity index is 2.23. The normalized spacial score (nSPS) is 10.8. The standard InChI is InChI=1S/C19H16FNO3/c1-2-23-19(22)16(12-21)11-14-7-4-6-10-18(14)24-13-15-8-3-5-9-17(15)20/h3-11H,2,13H2,1H3. The summed E-state index contributed by atoms with van der Waals surface area (Å²) in [7, 11) is 0. The Morgan fingerprint density at radius 1 is 1.21 bits per heavy atom. The summed E-state index contributed by atoms with van der Waals surface area (Å²) >= 11 is 0. The second kappa shape index (κ2) is 8.49. The molecular formula is C19H16FNO3. The molecule has 122 valence electrons. The van der Waals surface area contributed by atoms with E-state index in [-0.39, 0.29) is 24.6 Å². The molecule has 0 amide bonds. The average Bonchev–Trinajstić information content (AvgIpc) is 2.60. The van der Waals surface area contributed by atoms with Gasteiger partial charge in [0.1, 0.15) is 29.8 Å². The summed E-state index contributed by atoms with van der Waals surface area (Å²) in [5.41, 5.74) is 0.833. The molecule has 0 saturated heterocycles. The number of hydrogen-bond acceptors (Lipinski definition) is 4. The highest BCUT2D eigenvalue weighted by molar-refractivity contribution is 5.98. The van der Waals surface area contributed by atoms with Gasteiger partial charge < -0.3 is 9.47 Å². The molecule has 0 aliphatic rings. The molecule has 0 N–H and O–H groups in total. The molecule has 0 unspecified atom stereocenters. The summed E-state index contributed by atoms with van der Waals surface area (Å²) < 4.78 is 24.1. The number of ether oxygens (including phenoxy) is 2. The van der Waals surface area contributed by atoms with Gasteiger partial charge in [-0.3, -0.25) is 0 Å². The van der Waals surface area contributed by atoms with Crippen LogP contribution in [0, 0.1) is 17.1 Å². The van der Waals surface area contributed by atoms with Gasteiger partial charge in [-0.05, 0) is 25.1 Å². The highest BCUT2D eigenvalue weighted by Crippen LogP contribution is 2.23. The van der Waals surface area contributed by atoms with Gasteiger partial charge >= 0.3 is 5.97 Å². The maximum absolute atomic E-state index is 13.7. The number of carbonyl (C=O) groups excluding carboxylic acids is 1. The van der Waals surface area contributed by atoms with Crippen LogP contribution < -0.4 is 4.74 Å². The van der Waals surface area contributed by atoms with Crippen molar-refractivity contribution in [1.82, 2.24) is 0 Å². The highest BCUT2D eigenvalue weighted by Gasteiger charge is 2.12. The molecule has 2 aromatic carbocycles. The first kappa shape index (κ1) is 17.2. The van der Waals surface area contributed by atoms with Gasteiger partial charge in [0.05, 0.1) is 6.61 Å². The SMILES string of the molecule is CCOC(=O)C(C#N)=Cc1ccccc1OCc1ccccc1F. The van der Waals surface area contributed by atoms with Crippen LogP contribution in [-0.4, -0.2) is 12.6 Å². The minimum Gasteiger partial charge on any atom is -0.488 e. The molecule has 0 fully saturated rings. The Kier molecular flexibility index (Phi) is 6.09. The number of halogens is 1. The third-order valence-corrected chi connectivity index (χ3v) is 3.18. The highest BCUT2D eigenvalue weighted by atomic mass is 19.1.